The lowest BCUT2D eigenvalue weighted by Gasteiger charge is -2.23. The average molecular weight is 263 g/mol. The smallest absolute Gasteiger partial charge is 0.266 e. The van der Waals surface area contributed by atoms with Crippen LogP contribution in [0.3, 0.4) is 0 Å². The van der Waals surface area contributed by atoms with E-state index >= 15 is 0 Å². The Labute approximate surface area is 108 Å². The monoisotopic (exact) mass is 263 g/mol. The van der Waals surface area contributed by atoms with Gasteiger partial charge in [0.2, 0.25) is 0 Å². The molecule has 0 aliphatic carbocycles. The molecule has 1 fully saturated rings. The molecule has 0 bridgehead atoms. The van der Waals surface area contributed by atoms with Crippen LogP contribution in [-0.2, 0) is 6.54 Å². The van der Waals surface area contributed by atoms with Gasteiger partial charge >= 0.3 is 0 Å². The second kappa shape index (κ2) is 4.85. The van der Waals surface area contributed by atoms with E-state index in [1.807, 2.05) is 0 Å². The van der Waals surface area contributed by atoms with Crippen LogP contribution in [0.4, 0.5) is 5.82 Å². The molecule has 6 nitrogen and oxygen atoms in total. The summed E-state index contributed by atoms with van der Waals surface area (Å²) in [6.07, 6.45) is 5.60. The van der Waals surface area contributed by atoms with Crippen molar-refractivity contribution in [3.05, 3.63) is 34.9 Å². The molecule has 1 aliphatic rings. The largest absolute Gasteiger partial charge is 0.350 e. The van der Waals surface area contributed by atoms with Crippen molar-refractivity contribution < 1.29 is 0 Å². The zero-order valence-electron chi connectivity index (χ0n) is 9.77. The van der Waals surface area contributed by atoms with Gasteiger partial charge in [-0.1, -0.05) is 0 Å². The van der Waals surface area contributed by atoms with E-state index in [0.717, 1.165) is 25.2 Å². The summed E-state index contributed by atoms with van der Waals surface area (Å²) in [5.74, 6) is 0.909. The molecule has 0 N–H and O–H groups in total. The lowest BCUT2D eigenvalue weighted by atomic mass is 10.2. The van der Waals surface area contributed by atoms with Crippen LogP contribution in [0.2, 0.25) is 0 Å². The van der Waals surface area contributed by atoms with Crippen LogP contribution in [-0.4, -0.2) is 31.1 Å². The minimum atomic E-state index is -0.0549. The highest BCUT2D eigenvalue weighted by Crippen LogP contribution is 2.24. The Morgan fingerprint density at radius 1 is 1.50 bits per heavy atom. The quantitative estimate of drug-likeness (QED) is 0.818. The number of rotatable bonds is 3. The molecular formula is C11H13N5OS. The van der Waals surface area contributed by atoms with E-state index in [2.05, 4.69) is 18.7 Å². The molecule has 1 aliphatic heterocycles. The fourth-order valence-electron chi connectivity index (χ4n) is 2.34. The Bertz CT molecular complexity index is 567. The molecule has 0 radical (unpaired) electrons. The molecule has 3 heterocycles. The van der Waals surface area contributed by atoms with Crippen LogP contribution >= 0.6 is 11.7 Å². The molecule has 0 amide bonds. The maximum Gasteiger partial charge on any atom is 0.266 e. The molecule has 0 saturated carbocycles. The van der Waals surface area contributed by atoms with Crippen molar-refractivity contribution in [1.82, 2.24) is 18.5 Å². The molecule has 1 atom stereocenters. The first-order valence-corrected chi connectivity index (χ1v) is 6.64. The highest BCUT2D eigenvalue weighted by molar-refractivity contribution is 6.99. The lowest BCUT2D eigenvalue weighted by Crippen LogP contribution is -2.37. The van der Waals surface area contributed by atoms with Crippen LogP contribution < -0.4 is 10.5 Å². The average Bonchev–Trinajstić information content (AvgIpc) is 3.02. The van der Waals surface area contributed by atoms with Crippen molar-refractivity contribution in [2.75, 3.05) is 11.4 Å². The third-order valence-electron chi connectivity index (χ3n) is 3.19. The Balaban J connectivity index is 1.80. The fraction of sp³-hybridized carbons (Fsp3) is 0.455. The van der Waals surface area contributed by atoms with E-state index in [9.17, 15) is 4.79 Å². The van der Waals surface area contributed by atoms with Crippen LogP contribution in [0.1, 0.15) is 12.8 Å². The summed E-state index contributed by atoms with van der Waals surface area (Å²) in [7, 11) is 0. The third kappa shape index (κ3) is 2.13. The van der Waals surface area contributed by atoms with Crippen LogP contribution in [0.15, 0.2) is 29.3 Å². The summed E-state index contributed by atoms with van der Waals surface area (Å²) < 4.78 is 9.81. The standard InChI is InChI=1S/C11H13N5OS/c17-11-4-1-5-12-16(11)8-9-3-2-6-15(9)10-7-13-18-14-10/h1,4-5,7,9H,2-3,6,8H2. The molecule has 7 heteroatoms. The molecule has 0 aromatic carbocycles. The second-order valence-electron chi connectivity index (χ2n) is 4.30. The predicted molar refractivity (Wildman–Crippen MR) is 68.8 cm³/mol. The molecule has 3 rings (SSSR count). The SMILES string of the molecule is O=c1cccnn1CC1CCCN1c1cnsn1. The topological polar surface area (TPSA) is 63.9 Å². The zero-order valence-corrected chi connectivity index (χ0v) is 10.6. The van der Waals surface area contributed by atoms with Crippen molar-refractivity contribution in [1.29, 1.82) is 0 Å². The van der Waals surface area contributed by atoms with Gasteiger partial charge in [0.15, 0.2) is 5.82 Å². The number of hydrogen-bond donors (Lipinski definition) is 0. The lowest BCUT2D eigenvalue weighted by molar-refractivity contribution is 0.487. The van der Waals surface area contributed by atoms with Crippen molar-refractivity contribution >= 4 is 17.5 Å². The minimum absolute atomic E-state index is 0.0549. The first-order chi connectivity index (χ1) is 8.84. The van der Waals surface area contributed by atoms with Gasteiger partial charge in [0, 0.05) is 18.8 Å². The van der Waals surface area contributed by atoms with Crippen molar-refractivity contribution in [3.8, 4) is 0 Å². The molecule has 0 spiro atoms. The number of anilines is 1. The minimum Gasteiger partial charge on any atom is -0.350 e. The Morgan fingerprint density at radius 3 is 3.22 bits per heavy atom. The molecule has 1 unspecified atom stereocenters. The van der Waals surface area contributed by atoms with E-state index in [4.69, 9.17) is 0 Å². The second-order valence-corrected chi connectivity index (χ2v) is 4.86. The summed E-state index contributed by atoms with van der Waals surface area (Å²) in [6.45, 7) is 1.58. The summed E-state index contributed by atoms with van der Waals surface area (Å²) in [5.41, 5.74) is -0.0549. The van der Waals surface area contributed by atoms with E-state index in [-0.39, 0.29) is 11.6 Å². The Morgan fingerprint density at radius 2 is 2.44 bits per heavy atom. The van der Waals surface area contributed by atoms with E-state index in [1.54, 1.807) is 18.5 Å². The van der Waals surface area contributed by atoms with Gasteiger partial charge in [0.25, 0.3) is 5.56 Å². The Hall–Kier alpha value is -1.76. The maximum absolute atomic E-state index is 11.7. The predicted octanol–water partition coefficient (Wildman–Crippen LogP) is 0.764. The molecule has 94 valence electrons. The molecule has 2 aromatic heterocycles. The highest BCUT2D eigenvalue weighted by Gasteiger charge is 2.27. The van der Waals surface area contributed by atoms with Crippen LogP contribution in [0, 0.1) is 0 Å². The summed E-state index contributed by atoms with van der Waals surface area (Å²) in [4.78, 5) is 13.9. The van der Waals surface area contributed by atoms with Gasteiger partial charge in [0.1, 0.15) is 0 Å². The van der Waals surface area contributed by atoms with Gasteiger partial charge in [-0.05, 0) is 18.9 Å². The van der Waals surface area contributed by atoms with Crippen molar-refractivity contribution in [2.24, 2.45) is 0 Å². The van der Waals surface area contributed by atoms with Crippen LogP contribution in [0.5, 0.6) is 0 Å². The molecule has 18 heavy (non-hydrogen) atoms. The van der Waals surface area contributed by atoms with Gasteiger partial charge in [-0.3, -0.25) is 4.79 Å². The van der Waals surface area contributed by atoms with Crippen molar-refractivity contribution in [3.63, 3.8) is 0 Å². The fourth-order valence-corrected chi connectivity index (χ4v) is 2.76. The van der Waals surface area contributed by atoms with Gasteiger partial charge in [-0.2, -0.15) is 13.8 Å². The zero-order chi connectivity index (χ0) is 12.4. The first-order valence-electron chi connectivity index (χ1n) is 5.91. The number of nitrogens with zero attached hydrogens (tertiary/aromatic N) is 5. The van der Waals surface area contributed by atoms with Gasteiger partial charge in [-0.25, -0.2) is 4.68 Å². The van der Waals surface area contributed by atoms with E-state index < -0.39 is 0 Å². The first kappa shape index (κ1) is 11.3. The molecule has 1 saturated heterocycles. The molecule has 2 aromatic rings. The Kier molecular flexibility index (Phi) is 3.06. The van der Waals surface area contributed by atoms with Gasteiger partial charge in [-0.15, -0.1) is 0 Å². The summed E-state index contributed by atoms with van der Waals surface area (Å²) >= 11 is 1.21. The van der Waals surface area contributed by atoms with Gasteiger partial charge in [0.05, 0.1) is 30.5 Å². The number of aromatic nitrogens is 4. The van der Waals surface area contributed by atoms with Crippen molar-refractivity contribution in [2.45, 2.75) is 25.4 Å². The van der Waals surface area contributed by atoms with E-state index in [1.165, 1.54) is 22.5 Å². The third-order valence-corrected chi connectivity index (χ3v) is 3.66. The maximum atomic E-state index is 11.7. The molecular weight excluding hydrogens is 250 g/mol. The highest BCUT2D eigenvalue weighted by atomic mass is 32.1. The summed E-state index contributed by atoms with van der Waals surface area (Å²) in [6, 6.07) is 3.48. The van der Waals surface area contributed by atoms with E-state index in [0.29, 0.717) is 6.54 Å². The summed E-state index contributed by atoms with van der Waals surface area (Å²) in [5, 5.41) is 4.10. The van der Waals surface area contributed by atoms with Crippen LogP contribution in [0.25, 0.3) is 0 Å². The number of hydrogen-bond acceptors (Lipinski definition) is 6. The van der Waals surface area contributed by atoms with Gasteiger partial charge < -0.3 is 4.90 Å². The normalized spacial score (nSPS) is 19.3.